The summed E-state index contributed by atoms with van der Waals surface area (Å²) in [5.74, 6) is 0.781. The van der Waals surface area contributed by atoms with E-state index in [0.717, 1.165) is 30.9 Å². The number of aromatic nitrogens is 2. The van der Waals surface area contributed by atoms with Crippen LogP contribution in [0.25, 0.3) is 0 Å². The number of hydrogen-bond donors (Lipinski definition) is 1. The van der Waals surface area contributed by atoms with E-state index in [4.69, 9.17) is 0 Å². The highest BCUT2D eigenvalue weighted by molar-refractivity contribution is 7.07. The predicted molar refractivity (Wildman–Crippen MR) is 84.4 cm³/mol. The molecule has 21 heavy (non-hydrogen) atoms. The molecule has 0 aliphatic carbocycles. The molecule has 6 heteroatoms. The van der Waals surface area contributed by atoms with Gasteiger partial charge in [-0.3, -0.25) is 14.4 Å². The van der Waals surface area contributed by atoms with Crippen molar-refractivity contribution in [3.05, 3.63) is 34.2 Å². The Hall–Kier alpha value is -1.66. The van der Waals surface area contributed by atoms with Crippen LogP contribution in [0.5, 0.6) is 0 Å². The molecule has 0 unspecified atom stereocenters. The van der Waals surface area contributed by atoms with Gasteiger partial charge in [0.05, 0.1) is 12.2 Å². The second kappa shape index (κ2) is 5.99. The highest BCUT2D eigenvalue weighted by atomic mass is 32.1. The number of aryl methyl sites for hydroxylation is 2. The van der Waals surface area contributed by atoms with Gasteiger partial charge in [0.15, 0.2) is 0 Å². The summed E-state index contributed by atoms with van der Waals surface area (Å²) in [4.78, 5) is 14.5. The van der Waals surface area contributed by atoms with Gasteiger partial charge in [0.1, 0.15) is 5.82 Å². The summed E-state index contributed by atoms with van der Waals surface area (Å²) in [5.41, 5.74) is 2.24. The van der Waals surface area contributed by atoms with Crippen LogP contribution in [0.4, 0.5) is 5.82 Å². The van der Waals surface area contributed by atoms with Crippen molar-refractivity contribution < 1.29 is 4.79 Å². The van der Waals surface area contributed by atoms with Crippen LogP contribution in [0.2, 0.25) is 0 Å². The fraction of sp³-hybridized carbons (Fsp3) is 0.467. The van der Waals surface area contributed by atoms with E-state index in [-0.39, 0.29) is 5.91 Å². The average Bonchev–Trinajstić information content (AvgIpc) is 3.11. The number of carbonyl (C=O) groups excluding carboxylic acids is 1. The summed E-state index contributed by atoms with van der Waals surface area (Å²) in [6, 6.07) is 4.43. The first-order chi connectivity index (χ1) is 10.1. The fourth-order valence-corrected chi connectivity index (χ4v) is 3.66. The Bertz CT molecular complexity index is 620. The van der Waals surface area contributed by atoms with Crippen LogP contribution in [-0.4, -0.2) is 33.7 Å². The zero-order valence-electron chi connectivity index (χ0n) is 12.4. The number of likely N-dealkylation sites (tertiary alicyclic amines) is 1. The molecule has 1 aliphatic rings. The Labute approximate surface area is 128 Å². The number of anilines is 1. The van der Waals surface area contributed by atoms with Crippen molar-refractivity contribution in [2.75, 3.05) is 18.4 Å². The van der Waals surface area contributed by atoms with E-state index in [2.05, 4.69) is 32.1 Å². The number of amides is 1. The first-order valence-electron chi connectivity index (χ1n) is 7.20. The largest absolute Gasteiger partial charge is 0.310 e. The van der Waals surface area contributed by atoms with Crippen LogP contribution in [0, 0.1) is 6.92 Å². The lowest BCUT2D eigenvalue weighted by Crippen LogP contribution is -2.33. The monoisotopic (exact) mass is 304 g/mol. The van der Waals surface area contributed by atoms with Crippen molar-refractivity contribution in [2.45, 2.75) is 25.8 Å². The average molecular weight is 304 g/mol. The van der Waals surface area contributed by atoms with Crippen LogP contribution >= 0.6 is 11.3 Å². The summed E-state index contributed by atoms with van der Waals surface area (Å²) in [6.07, 6.45) is 2.29. The van der Waals surface area contributed by atoms with Crippen LogP contribution in [0.3, 0.4) is 0 Å². The molecular formula is C15H20N4OS. The number of nitrogens with one attached hydrogen (secondary N) is 1. The van der Waals surface area contributed by atoms with Crippen LogP contribution in [0.15, 0.2) is 22.9 Å². The quantitative estimate of drug-likeness (QED) is 0.944. The maximum Gasteiger partial charge on any atom is 0.239 e. The molecule has 3 heterocycles. The summed E-state index contributed by atoms with van der Waals surface area (Å²) in [6.45, 7) is 3.34. The van der Waals surface area contributed by atoms with E-state index in [1.54, 1.807) is 16.0 Å². The lowest BCUT2D eigenvalue weighted by Gasteiger charge is -2.23. The molecule has 1 N–H and O–H groups in total. The van der Waals surface area contributed by atoms with Crippen LogP contribution in [0.1, 0.15) is 30.1 Å². The number of hydrogen-bond acceptors (Lipinski definition) is 4. The third kappa shape index (κ3) is 3.16. The molecular weight excluding hydrogens is 284 g/mol. The second-order valence-corrected chi connectivity index (χ2v) is 6.31. The minimum atomic E-state index is 0.0279. The molecule has 0 spiro atoms. The molecule has 3 rings (SSSR count). The Morgan fingerprint density at radius 3 is 3.10 bits per heavy atom. The lowest BCUT2D eigenvalue weighted by molar-refractivity contribution is -0.117. The highest BCUT2D eigenvalue weighted by Crippen LogP contribution is 2.32. The molecule has 1 fully saturated rings. The first-order valence-corrected chi connectivity index (χ1v) is 8.14. The lowest BCUT2D eigenvalue weighted by atomic mass is 10.1. The normalized spacial score (nSPS) is 19.0. The van der Waals surface area contributed by atoms with E-state index < -0.39 is 0 Å². The number of rotatable bonds is 4. The van der Waals surface area contributed by atoms with Crippen LogP contribution < -0.4 is 5.32 Å². The first kappa shape index (κ1) is 14.3. The van der Waals surface area contributed by atoms with Gasteiger partial charge in [-0.15, -0.1) is 0 Å². The Morgan fingerprint density at radius 2 is 2.43 bits per heavy atom. The topological polar surface area (TPSA) is 50.2 Å². The molecule has 0 aromatic carbocycles. The predicted octanol–water partition coefficient (Wildman–Crippen LogP) is 2.57. The van der Waals surface area contributed by atoms with Crippen molar-refractivity contribution >= 4 is 23.1 Å². The van der Waals surface area contributed by atoms with E-state index in [1.165, 1.54) is 5.56 Å². The zero-order chi connectivity index (χ0) is 14.8. The van der Waals surface area contributed by atoms with Crippen LogP contribution in [-0.2, 0) is 11.8 Å². The van der Waals surface area contributed by atoms with Gasteiger partial charge < -0.3 is 5.32 Å². The van der Waals surface area contributed by atoms with Crippen molar-refractivity contribution in [2.24, 2.45) is 7.05 Å². The van der Waals surface area contributed by atoms with Gasteiger partial charge >= 0.3 is 0 Å². The van der Waals surface area contributed by atoms with E-state index in [9.17, 15) is 4.79 Å². The standard InChI is InChI=1S/C15H20N4OS/c1-11-8-14(18(2)17-11)16-15(20)9-19-6-3-4-13(19)12-5-7-21-10-12/h5,7-8,10,13H,3-4,6,9H2,1-2H3,(H,16,20)/t13-/m0/s1. The molecule has 0 radical (unpaired) electrons. The molecule has 5 nitrogen and oxygen atoms in total. The van der Waals surface area contributed by atoms with Gasteiger partial charge in [-0.05, 0) is 48.7 Å². The smallest absolute Gasteiger partial charge is 0.239 e. The summed E-state index contributed by atoms with van der Waals surface area (Å²) < 4.78 is 1.70. The molecule has 1 atom stereocenters. The number of carbonyl (C=O) groups is 1. The minimum absolute atomic E-state index is 0.0279. The number of nitrogens with zero attached hydrogens (tertiary/aromatic N) is 3. The minimum Gasteiger partial charge on any atom is -0.310 e. The molecule has 2 aromatic rings. The molecule has 1 aliphatic heterocycles. The van der Waals surface area contributed by atoms with E-state index >= 15 is 0 Å². The Balaban J connectivity index is 1.63. The van der Waals surface area contributed by atoms with Crippen molar-refractivity contribution in [1.82, 2.24) is 14.7 Å². The fourth-order valence-electron chi connectivity index (χ4n) is 2.95. The van der Waals surface area contributed by atoms with Gasteiger partial charge in [-0.2, -0.15) is 16.4 Å². The van der Waals surface area contributed by atoms with Crippen molar-refractivity contribution in [3.8, 4) is 0 Å². The van der Waals surface area contributed by atoms with Gasteiger partial charge in [-0.25, -0.2) is 0 Å². The molecule has 1 saturated heterocycles. The molecule has 0 bridgehead atoms. The third-order valence-corrected chi connectivity index (χ3v) is 4.61. The molecule has 0 saturated carbocycles. The summed E-state index contributed by atoms with van der Waals surface area (Å²) in [7, 11) is 1.84. The molecule has 112 valence electrons. The Morgan fingerprint density at radius 1 is 1.57 bits per heavy atom. The van der Waals surface area contributed by atoms with Crippen molar-refractivity contribution in [1.29, 1.82) is 0 Å². The third-order valence-electron chi connectivity index (χ3n) is 3.91. The number of thiophene rings is 1. The highest BCUT2D eigenvalue weighted by Gasteiger charge is 2.27. The molecule has 1 amide bonds. The van der Waals surface area contributed by atoms with E-state index in [1.807, 2.05) is 20.0 Å². The maximum atomic E-state index is 12.3. The van der Waals surface area contributed by atoms with Gasteiger partial charge in [0, 0.05) is 19.2 Å². The second-order valence-electron chi connectivity index (χ2n) is 5.53. The SMILES string of the molecule is Cc1cc(NC(=O)CN2CCC[C@H]2c2ccsc2)n(C)n1. The molecule has 2 aromatic heterocycles. The van der Waals surface area contributed by atoms with Gasteiger partial charge in [-0.1, -0.05) is 0 Å². The van der Waals surface area contributed by atoms with Crippen molar-refractivity contribution in [3.63, 3.8) is 0 Å². The summed E-state index contributed by atoms with van der Waals surface area (Å²) >= 11 is 1.72. The van der Waals surface area contributed by atoms with Gasteiger partial charge in [0.2, 0.25) is 5.91 Å². The zero-order valence-corrected chi connectivity index (χ0v) is 13.2. The summed E-state index contributed by atoms with van der Waals surface area (Å²) in [5, 5.41) is 11.5. The maximum absolute atomic E-state index is 12.3. The van der Waals surface area contributed by atoms with Gasteiger partial charge in [0.25, 0.3) is 0 Å². The van der Waals surface area contributed by atoms with E-state index in [0.29, 0.717) is 12.6 Å². The Kier molecular flexibility index (Phi) is 4.07.